The molecule has 1 aliphatic rings. The molecule has 178 valence electrons. The van der Waals surface area contributed by atoms with E-state index in [0.29, 0.717) is 18.7 Å². The second-order valence-electron chi connectivity index (χ2n) is 8.25. The molecular formula is C25H32N2O5S. The Hall–Kier alpha value is -2.87. The zero-order valence-electron chi connectivity index (χ0n) is 19.2. The monoisotopic (exact) mass is 472 g/mol. The Morgan fingerprint density at radius 1 is 1.09 bits per heavy atom. The zero-order chi connectivity index (χ0) is 23.8. The molecule has 2 unspecified atom stereocenters. The van der Waals surface area contributed by atoms with Crippen molar-refractivity contribution in [3.8, 4) is 5.75 Å². The molecular weight excluding hydrogens is 440 g/mol. The Morgan fingerprint density at radius 2 is 1.79 bits per heavy atom. The van der Waals surface area contributed by atoms with Crippen LogP contribution < -0.4 is 10.1 Å². The lowest BCUT2D eigenvalue weighted by molar-refractivity contribution is -0.129. The second-order valence-corrected chi connectivity index (χ2v) is 10.4. The van der Waals surface area contributed by atoms with Crippen LogP contribution in [0.25, 0.3) is 0 Å². The van der Waals surface area contributed by atoms with Crippen molar-refractivity contribution in [2.75, 3.05) is 26.0 Å². The number of nitrogens with one attached hydrogen (secondary N) is 1. The molecule has 1 fully saturated rings. The van der Waals surface area contributed by atoms with E-state index >= 15 is 0 Å². The van der Waals surface area contributed by atoms with E-state index in [4.69, 9.17) is 4.74 Å². The maximum Gasteiger partial charge on any atom is 0.226 e. The number of likely N-dealkylation sites (tertiary alicyclic amines) is 1. The summed E-state index contributed by atoms with van der Waals surface area (Å²) >= 11 is 0. The van der Waals surface area contributed by atoms with E-state index in [9.17, 15) is 18.0 Å². The van der Waals surface area contributed by atoms with E-state index in [1.165, 1.54) is 0 Å². The van der Waals surface area contributed by atoms with Gasteiger partial charge in [-0.1, -0.05) is 43.7 Å². The third-order valence-electron chi connectivity index (χ3n) is 5.97. The summed E-state index contributed by atoms with van der Waals surface area (Å²) in [4.78, 5) is 27.9. The summed E-state index contributed by atoms with van der Waals surface area (Å²) in [6, 6.07) is 15.4. The lowest BCUT2D eigenvalue weighted by atomic mass is 9.92. The number of benzene rings is 2. The average molecular weight is 473 g/mol. The molecule has 3 rings (SSSR count). The van der Waals surface area contributed by atoms with Crippen LogP contribution in [-0.2, 0) is 19.4 Å². The Labute approximate surface area is 196 Å². The summed E-state index contributed by atoms with van der Waals surface area (Å²) < 4.78 is 30.1. The first kappa shape index (κ1) is 24.8. The minimum atomic E-state index is -3.39. The number of carbonyl (C=O) groups is 2. The number of rotatable bonds is 11. The number of unbranched alkanes of at least 4 members (excludes halogenated alkanes) is 1. The molecule has 1 saturated heterocycles. The molecule has 1 N–H and O–H groups in total. The van der Waals surface area contributed by atoms with Gasteiger partial charge in [0.1, 0.15) is 5.75 Å². The van der Waals surface area contributed by atoms with Crippen molar-refractivity contribution in [2.24, 2.45) is 5.92 Å². The van der Waals surface area contributed by atoms with Gasteiger partial charge in [0.05, 0.1) is 29.7 Å². The SMILES string of the molecule is CCCCN1C(=O)CC(C(=O)NCCCS(=O)(=O)c2ccccc2)C1c1ccc(OC)cc1. The van der Waals surface area contributed by atoms with Gasteiger partial charge in [-0.05, 0) is 42.7 Å². The predicted molar refractivity (Wildman–Crippen MR) is 127 cm³/mol. The summed E-state index contributed by atoms with van der Waals surface area (Å²) in [5.41, 5.74) is 0.893. The normalized spacial score (nSPS) is 18.4. The lowest BCUT2D eigenvalue weighted by Gasteiger charge is -2.28. The van der Waals surface area contributed by atoms with Crippen LogP contribution in [0.1, 0.15) is 44.2 Å². The fraction of sp³-hybridized carbons (Fsp3) is 0.440. The smallest absolute Gasteiger partial charge is 0.226 e. The van der Waals surface area contributed by atoms with Gasteiger partial charge in [0.15, 0.2) is 9.84 Å². The van der Waals surface area contributed by atoms with E-state index in [0.717, 1.165) is 18.4 Å². The first-order valence-electron chi connectivity index (χ1n) is 11.4. The Balaban J connectivity index is 1.66. The number of sulfone groups is 1. The fourth-order valence-corrected chi connectivity index (χ4v) is 5.51. The topological polar surface area (TPSA) is 92.8 Å². The van der Waals surface area contributed by atoms with Crippen LogP contribution in [0, 0.1) is 5.92 Å². The summed E-state index contributed by atoms with van der Waals surface area (Å²) in [6.45, 7) is 2.90. The van der Waals surface area contributed by atoms with Crippen molar-refractivity contribution in [1.29, 1.82) is 0 Å². The molecule has 0 bridgehead atoms. The Kier molecular flexibility index (Phi) is 8.49. The number of amides is 2. The summed E-state index contributed by atoms with van der Waals surface area (Å²) in [5, 5.41) is 2.86. The molecule has 7 nitrogen and oxygen atoms in total. The molecule has 0 aromatic heterocycles. The molecule has 1 aliphatic heterocycles. The summed E-state index contributed by atoms with van der Waals surface area (Å²) in [5.74, 6) is -0.112. The van der Waals surface area contributed by atoms with E-state index < -0.39 is 15.8 Å². The van der Waals surface area contributed by atoms with E-state index in [-0.39, 0.29) is 41.5 Å². The molecule has 0 radical (unpaired) electrons. The van der Waals surface area contributed by atoms with E-state index in [2.05, 4.69) is 12.2 Å². The highest BCUT2D eigenvalue weighted by atomic mass is 32.2. The van der Waals surface area contributed by atoms with E-state index in [1.807, 2.05) is 24.3 Å². The molecule has 2 aromatic carbocycles. The van der Waals surface area contributed by atoms with Crippen LogP contribution in [0.3, 0.4) is 0 Å². The number of carbonyl (C=O) groups excluding carboxylic acids is 2. The van der Waals surface area contributed by atoms with Crippen molar-refractivity contribution in [3.05, 3.63) is 60.2 Å². The highest BCUT2D eigenvalue weighted by molar-refractivity contribution is 7.91. The minimum Gasteiger partial charge on any atom is -0.497 e. The predicted octanol–water partition coefficient (Wildman–Crippen LogP) is 3.37. The van der Waals surface area contributed by atoms with Crippen molar-refractivity contribution in [1.82, 2.24) is 10.2 Å². The van der Waals surface area contributed by atoms with Crippen molar-refractivity contribution < 1.29 is 22.7 Å². The van der Waals surface area contributed by atoms with Crippen LogP contribution in [-0.4, -0.2) is 51.1 Å². The standard InChI is InChI=1S/C25H32N2O5S/c1-3-4-16-27-23(28)18-22(24(27)19-11-13-20(32-2)14-12-19)25(29)26-15-8-17-33(30,31)21-9-6-5-7-10-21/h5-7,9-14,22,24H,3-4,8,15-18H2,1-2H3,(H,26,29). The fourth-order valence-electron chi connectivity index (χ4n) is 4.18. The molecule has 1 heterocycles. The maximum atomic E-state index is 13.0. The largest absolute Gasteiger partial charge is 0.497 e. The highest BCUT2D eigenvalue weighted by Crippen LogP contribution is 2.39. The first-order chi connectivity index (χ1) is 15.9. The van der Waals surface area contributed by atoms with Gasteiger partial charge in [0.25, 0.3) is 0 Å². The van der Waals surface area contributed by atoms with Gasteiger partial charge in [-0.2, -0.15) is 0 Å². The third kappa shape index (κ3) is 6.13. The van der Waals surface area contributed by atoms with Crippen LogP contribution in [0.4, 0.5) is 0 Å². The van der Waals surface area contributed by atoms with Gasteiger partial charge in [-0.3, -0.25) is 9.59 Å². The van der Waals surface area contributed by atoms with Crippen LogP contribution in [0.15, 0.2) is 59.5 Å². The molecule has 2 aromatic rings. The van der Waals surface area contributed by atoms with Crippen molar-refractivity contribution in [2.45, 2.75) is 43.5 Å². The first-order valence-corrected chi connectivity index (χ1v) is 13.0. The van der Waals surface area contributed by atoms with Gasteiger partial charge in [0.2, 0.25) is 11.8 Å². The maximum absolute atomic E-state index is 13.0. The van der Waals surface area contributed by atoms with Crippen LogP contribution >= 0.6 is 0 Å². The molecule has 8 heteroatoms. The van der Waals surface area contributed by atoms with Crippen molar-refractivity contribution >= 4 is 21.7 Å². The molecule has 0 saturated carbocycles. The van der Waals surface area contributed by atoms with Gasteiger partial charge >= 0.3 is 0 Å². The van der Waals surface area contributed by atoms with Crippen LogP contribution in [0.5, 0.6) is 5.75 Å². The molecule has 0 aliphatic carbocycles. The number of ether oxygens (including phenoxy) is 1. The minimum absolute atomic E-state index is 0.0314. The van der Waals surface area contributed by atoms with Gasteiger partial charge in [-0.15, -0.1) is 0 Å². The van der Waals surface area contributed by atoms with E-state index in [1.54, 1.807) is 42.3 Å². The third-order valence-corrected chi connectivity index (χ3v) is 7.79. The van der Waals surface area contributed by atoms with Gasteiger partial charge < -0.3 is 15.0 Å². The molecule has 2 atom stereocenters. The Bertz CT molecular complexity index is 1040. The highest BCUT2D eigenvalue weighted by Gasteiger charge is 2.44. The van der Waals surface area contributed by atoms with Gasteiger partial charge in [-0.25, -0.2) is 8.42 Å². The number of methoxy groups -OCH3 is 1. The zero-order valence-corrected chi connectivity index (χ0v) is 20.0. The summed E-state index contributed by atoms with van der Waals surface area (Å²) in [7, 11) is -1.80. The number of hydrogen-bond acceptors (Lipinski definition) is 5. The summed E-state index contributed by atoms with van der Waals surface area (Å²) in [6.07, 6.45) is 2.26. The van der Waals surface area contributed by atoms with Crippen LogP contribution in [0.2, 0.25) is 0 Å². The van der Waals surface area contributed by atoms with Gasteiger partial charge in [0, 0.05) is 19.5 Å². The molecule has 33 heavy (non-hydrogen) atoms. The van der Waals surface area contributed by atoms with Crippen molar-refractivity contribution in [3.63, 3.8) is 0 Å². The quantitative estimate of drug-likeness (QED) is 0.506. The average Bonchev–Trinajstić information content (AvgIpc) is 3.17. The molecule has 2 amide bonds. The lowest BCUT2D eigenvalue weighted by Crippen LogP contribution is -2.36. The second kappa shape index (κ2) is 11.3. The molecule has 0 spiro atoms. The number of hydrogen-bond donors (Lipinski definition) is 1. The number of nitrogens with zero attached hydrogens (tertiary/aromatic N) is 1. The Morgan fingerprint density at radius 3 is 2.42 bits per heavy atom.